The maximum absolute atomic E-state index is 11.3. The van der Waals surface area contributed by atoms with Crippen LogP contribution in [0.4, 0.5) is 11.6 Å². The van der Waals surface area contributed by atoms with Crippen molar-refractivity contribution in [2.75, 3.05) is 4.90 Å². The smallest absolute Gasteiger partial charge is 0.354 e. The number of para-hydroxylation sites is 1. The molecule has 0 aliphatic carbocycles. The lowest BCUT2D eigenvalue weighted by atomic mass is 10.0. The molecular weight excluding hydrogens is 302 g/mol. The second-order valence-corrected chi connectivity index (χ2v) is 5.68. The molecule has 0 saturated carbocycles. The Bertz CT molecular complexity index is 896. The number of fused-ring (bicyclic) bond motifs is 1. The fourth-order valence-electron chi connectivity index (χ4n) is 3.16. The van der Waals surface area contributed by atoms with Gasteiger partial charge in [0, 0.05) is 11.9 Å². The summed E-state index contributed by atoms with van der Waals surface area (Å²) in [5, 5.41) is 9.22. The van der Waals surface area contributed by atoms with Gasteiger partial charge in [0.15, 0.2) is 5.69 Å². The molecule has 2 heterocycles. The van der Waals surface area contributed by atoms with Crippen LogP contribution in [-0.4, -0.2) is 21.0 Å². The molecule has 1 aliphatic heterocycles. The number of carboxylic acid groups (broad SMARTS) is 1. The predicted molar refractivity (Wildman–Crippen MR) is 90.5 cm³/mol. The first-order valence-electron chi connectivity index (χ1n) is 7.72. The van der Waals surface area contributed by atoms with E-state index in [4.69, 9.17) is 0 Å². The Hall–Kier alpha value is -3.21. The van der Waals surface area contributed by atoms with Crippen molar-refractivity contribution in [2.24, 2.45) is 0 Å². The topological polar surface area (TPSA) is 66.3 Å². The van der Waals surface area contributed by atoms with E-state index < -0.39 is 5.97 Å². The average Bonchev–Trinajstić information content (AvgIpc) is 3.02. The van der Waals surface area contributed by atoms with E-state index in [9.17, 15) is 9.90 Å². The number of hydrogen-bond acceptors (Lipinski definition) is 4. The Morgan fingerprint density at radius 3 is 2.58 bits per heavy atom. The Labute approximate surface area is 139 Å². The minimum atomic E-state index is -1.05. The molecule has 0 saturated heterocycles. The summed E-state index contributed by atoms with van der Waals surface area (Å²) in [5.74, 6) is -0.643. The first-order valence-corrected chi connectivity index (χ1v) is 7.72. The largest absolute Gasteiger partial charge is 0.477 e. The van der Waals surface area contributed by atoms with Gasteiger partial charge in [-0.25, -0.2) is 14.8 Å². The van der Waals surface area contributed by atoms with Gasteiger partial charge in [-0.15, -0.1) is 0 Å². The summed E-state index contributed by atoms with van der Waals surface area (Å²) < 4.78 is 0. The van der Waals surface area contributed by atoms with Gasteiger partial charge in [0.1, 0.15) is 0 Å². The number of aromatic nitrogens is 2. The van der Waals surface area contributed by atoms with E-state index in [-0.39, 0.29) is 11.7 Å². The lowest BCUT2D eigenvalue weighted by molar-refractivity contribution is 0.0690. The first-order chi connectivity index (χ1) is 11.7. The van der Waals surface area contributed by atoms with Gasteiger partial charge >= 0.3 is 5.97 Å². The highest BCUT2D eigenvalue weighted by atomic mass is 16.4. The molecule has 1 N–H and O–H groups in total. The van der Waals surface area contributed by atoms with Crippen LogP contribution in [0, 0.1) is 0 Å². The van der Waals surface area contributed by atoms with Gasteiger partial charge in [-0.1, -0.05) is 48.5 Å². The summed E-state index contributed by atoms with van der Waals surface area (Å²) in [4.78, 5) is 21.9. The van der Waals surface area contributed by atoms with Gasteiger partial charge in [-0.05, 0) is 29.7 Å². The van der Waals surface area contributed by atoms with Crippen LogP contribution in [0.2, 0.25) is 0 Å². The second-order valence-electron chi connectivity index (χ2n) is 5.68. The molecule has 5 nitrogen and oxygen atoms in total. The van der Waals surface area contributed by atoms with Crippen molar-refractivity contribution < 1.29 is 9.90 Å². The standard InChI is InChI=1S/C19H15N3O2/c23-18(24)15-10-11-20-19(21-15)22-16-9-5-4-8-14(16)12-17(22)13-6-2-1-3-7-13/h1-11,17H,12H2,(H,23,24). The van der Waals surface area contributed by atoms with Crippen molar-refractivity contribution in [2.45, 2.75) is 12.5 Å². The number of nitrogens with zero attached hydrogens (tertiary/aromatic N) is 3. The summed E-state index contributed by atoms with van der Waals surface area (Å²) in [7, 11) is 0. The number of anilines is 2. The highest BCUT2D eigenvalue weighted by Crippen LogP contribution is 2.43. The zero-order chi connectivity index (χ0) is 16.5. The van der Waals surface area contributed by atoms with Crippen LogP contribution in [-0.2, 0) is 6.42 Å². The minimum absolute atomic E-state index is 0.00353. The SMILES string of the molecule is O=C(O)c1ccnc(N2c3ccccc3CC2c2ccccc2)n1. The van der Waals surface area contributed by atoms with E-state index in [2.05, 4.69) is 28.2 Å². The number of carboxylic acids is 1. The molecule has 4 rings (SSSR count). The summed E-state index contributed by atoms with van der Waals surface area (Å²) in [6.07, 6.45) is 2.33. The highest BCUT2D eigenvalue weighted by molar-refractivity contribution is 5.85. The van der Waals surface area contributed by atoms with Crippen molar-refractivity contribution in [1.82, 2.24) is 9.97 Å². The van der Waals surface area contributed by atoms with Crippen molar-refractivity contribution >= 4 is 17.6 Å². The number of benzene rings is 2. The van der Waals surface area contributed by atoms with Crippen LogP contribution < -0.4 is 4.90 Å². The molecule has 0 bridgehead atoms. The molecule has 1 aliphatic rings. The van der Waals surface area contributed by atoms with Crippen LogP contribution in [0.1, 0.15) is 27.7 Å². The molecule has 0 fully saturated rings. The molecule has 1 atom stereocenters. The van der Waals surface area contributed by atoms with Gasteiger partial charge in [-0.3, -0.25) is 0 Å². The third-order valence-corrected chi connectivity index (χ3v) is 4.24. The molecule has 2 aromatic carbocycles. The van der Waals surface area contributed by atoms with Crippen LogP contribution in [0.5, 0.6) is 0 Å². The Morgan fingerprint density at radius 2 is 1.79 bits per heavy atom. The fourth-order valence-corrected chi connectivity index (χ4v) is 3.16. The molecule has 1 unspecified atom stereocenters. The second kappa shape index (κ2) is 5.77. The van der Waals surface area contributed by atoms with E-state index in [1.165, 1.54) is 17.8 Å². The van der Waals surface area contributed by atoms with Crippen LogP contribution in [0.15, 0.2) is 66.9 Å². The number of aromatic carboxylic acids is 1. The van der Waals surface area contributed by atoms with Crippen LogP contribution in [0.3, 0.4) is 0 Å². The van der Waals surface area contributed by atoms with Crippen molar-refractivity contribution in [3.63, 3.8) is 0 Å². The number of rotatable bonds is 3. The van der Waals surface area contributed by atoms with E-state index in [0.29, 0.717) is 5.95 Å². The van der Waals surface area contributed by atoms with Gasteiger partial charge in [-0.2, -0.15) is 0 Å². The predicted octanol–water partition coefficient (Wildman–Crippen LogP) is 3.61. The molecule has 118 valence electrons. The zero-order valence-electron chi connectivity index (χ0n) is 12.8. The lowest BCUT2D eigenvalue weighted by Gasteiger charge is -2.26. The normalized spacial score (nSPS) is 16.0. The first kappa shape index (κ1) is 14.4. The van der Waals surface area contributed by atoms with Crippen molar-refractivity contribution in [1.29, 1.82) is 0 Å². The molecule has 24 heavy (non-hydrogen) atoms. The van der Waals surface area contributed by atoms with Gasteiger partial charge in [0.05, 0.1) is 6.04 Å². The molecule has 1 aromatic heterocycles. The van der Waals surface area contributed by atoms with Crippen molar-refractivity contribution in [3.05, 3.63) is 83.7 Å². The van der Waals surface area contributed by atoms with Crippen molar-refractivity contribution in [3.8, 4) is 0 Å². The Morgan fingerprint density at radius 1 is 1.04 bits per heavy atom. The molecule has 3 aromatic rings. The summed E-state index contributed by atoms with van der Waals surface area (Å²) in [6, 6.07) is 19.7. The fraction of sp³-hybridized carbons (Fsp3) is 0.105. The average molecular weight is 317 g/mol. The molecule has 0 radical (unpaired) electrons. The van der Waals surface area contributed by atoms with Crippen LogP contribution >= 0.6 is 0 Å². The lowest BCUT2D eigenvalue weighted by Crippen LogP contribution is -2.22. The minimum Gasteiger partial charge on any atom is -0.477 e. The third kappa shape index (κ3) is 2.40. The third-order valence-electron chi connectivity index (χ3n) is 4.24. The Balaban J connectivity index is 1.85. The zero-order valence-corrected chi connectivity index (χ0v) is 12.8. The van der Waals surface area contributed by atoms with E-state index in [1.807, 2.05) is 41.3 Å². The maximum atomic E-state index is 11.3. The molecule has 5 heteroatoms. The highest BCUT2D eigenvalue weighted by Gasteiger charge is 2.33. The number of carbonyl (C=O) groups is 1. The molecule has 0 spiro atoms. The Kier molecular flexibility index (Phi) is 3.46. The molecule has 0 amide bonds. The summed E-state index contributed by atoms with van der Waals surface area (Å²) >= 11 is 0. The van der Waals surface area contributed by atoms with Crippen LogP contribution in [0.25, 0.3) is 0 Å². The van der Waals surface area contributed by atoms with E-state index >= 15 is 0 Å². The number of hydrogen-bond donors (Lipinski definition) is 1. The monoisotopic (exact) mass is 317 g/mol. The van der Waals surface area contributed by atoms with Gasteiger partial charge in [0.25, 0.3) is 0 Å². The summed E-state index contributed by atoms with van der Waals surface area (Å²) in [6.45, 7) is 0. The summed E-state index contributed by atoms with van der Waals surface area (Å²) in [5.41, 5.74) is 3.37. The maximum Gasteiger partial charge on any atom is 0.354 e. The van der Waals surface area contributed by atoms with E-state index in [1.54, 1.807) is 0 Å². The van der Waals surface area contributed by atoms with Gasteiger partial charge in [0.2, 0.25) is 5.95 Å². The molecular formula is C19H15N3O2. The van der Waals surface area contributed by atoms with Gasteiger partial charge < -0.3 is 10.0 Å². The van der Waals surface area contributed by atoms with E-state index in [0.717, 1.165) is 17.7 Å². The quantitative estimate of drug-likeness (QED) is 0.799.